The first-order chi connectivity index (χ1) is 12.1. The van der Waals surface area contributed by atoms with E-state index in [1.165, 1.54) is 17.7 Å². The number of carbonyl (C=O) groups excluding carboxylic acids is 1. The minimum atomic E-state index is -4.41. The molecule has 1 N–H and O–H groups in total. The van der Waals surface area contributed by atoms with Crippen LogP contribution in [-0.2, 0) is 6.18 Å². The Hall–Kier alpha value is -2.30. The van der Waals surface area contributed by atoms with Gasteiger partial charge in [-0.25, -0.2) is 0 Å². The zero-order chi connectivity index (χ0) is 19.5. The van der Waals surface area contributed by atoms with Crippen molar-refractivity contribution in [3.8, 4) is 0 Å². The van der Waals surface area contributed by atoms with E-state index in [-0.39, 0.29) is 23.4 Å². The van der Waals surface area contributed by atoms with Crippen LogP contribution in [0.5, 0.6) is 0 Å². The average Bonchev–Trinajstić information content (AvgIpc) is 2.58. The summed E-state index contributed by atoms with van der Waals surface area (Å²) in [5.74, 6) is 0.173. The molecule has 0 saturated heterocycles. The smallest absolute Gasteiger partial charge is 0.345 e. The standard InChI is InChI=1S/C21H24F3NO/c1-13(2)15-5-7-16(8-6-15)19(14(3)4)25-20(26)17-9-11-18(12-10-17)21(22,23)24/h5-14,19H,1-4H3,(H,25,26)/t19-/m0/s1. The van der Waals surface area contributed by atoms with Gasteiger partial charge in [0.15, 0.2) is 0 Å². The molecular weight excluding hydrogens is 339 g/mol. The topological polar surface area (TPSA) is 29.1 Å². The van der Waals surface area contributed by atoms with Crippen LogP contribution in [0.4, 0.5) is 13.2 Å². The van der Waals surface area contributed by atoms with Gasteiger partial charge in [0, 0.05) is 5.56 Å². The number of rotatable bonds is 5. The fraction of sp³-hybridized carbons (Fsp3) is 0.381. The summed E-state index contributed by atoms with van der Waals surface area (Å²) < 4.78 is 37.9. The summed E-state index contributed by atoms with van der Waals surface area (Å²) in [7, 11) is 0. The number of carbonyl (C=O) groups is 1. The summed E-state index contributed by atoms with van der Waals surface area (Å²) in [4.78, 5) is 12.5. The molecule has 1 atom stereocenters. The van der Waals surface area contributed by atoms with Gasteiger partial charge in [0.05, 0.1) is 11.6 Å². The maximum atomic E-state index is 12.6. The molecule has 0 saturated carbocycles. The van der Waals surface area contributed by atoms with Gasteiger partial charge in [0.2, 0.25) is 0 Å². The molecular formula is C21H24F3NO. The van der Waals surface area contributed by atoms with E-state index in [0.29, 0.717) is 5.92 Å². The van der Waals surface area contributed by atoms with Crippen LogP contribution >= 0.6 is 0 Å². The first-order valence-electron chi connectivity index (χ1n) is 8.67. The average molecular weight is 363 g/mol. The molecule has 1 amide bonds. The predicted molar refractivity (Wildman–Crippen MR) is 97.0 cm³/mol. The molecule has 5 heteroatoms. The summed E-state index contributed by atoms with van der Waals surface area (Å²) >= 11 is 0. The van der Waals surface area contributed by atoms with E-state index in [1.807, 2.05) is 38.1 Å². The van der Waals surface area contributed by atoms with Crippen molar-refractivity contribution in [2.45, 2.75) is 45.8 Å². The highest BCUT2D eigenvalue weighted by molar-refractivity contribution is 5.94. The summed E-state index contributed by atoms with van der Waals surface area (Å²) in [5.41, 5.74) is 1.64. The third kappa shape index (κ3) is 4.87. The normalized spacial score (nSPS) is 13.1. The van der Waals surface area contributed by atoms with Crippen molar-refractivity contribution in [3.63, 3.8) is 0 Å². The van der Waals surface area contributed by atoms with Gasteiger partial charge in [-0.1, -0.05) is 52.0 Å². The maximum absolute atomic E-state index is 12.6. The fourth-order valence-corrected chi connectivity index (χ4v) is 2.76. The molecule has 0 heterocycles. The van der Waals surface area contributed by atoms with Gasteiger partial charge < -0.3 is 5.32 Å². The Morgan fingerprint density at radius 3 is 1.77 bits per heavy atom. The minimum Gasteiger partial charge on any atom is -0.345 e. The van der Waals surface area contributed by atoms with Crippen LogP contribution < -0.4 is 5.32 Å². The largest absolute Gasteiger partial charge is 0.416 e. The molecule has 0 fully saturated rings. The van der Waals surface area contributed by atoms with Gasteiger partial charge in [-0.3, -0.25) is 4.79 Å². The van der Waals surface area contributed by atoms with E-state index >= 15 is 0 Å². The van der Waals surface area contributed by atoms with Crippen molar-refractivity contribution >= 4 is 5.91 Å². The third-order valence-corrected chi connectivity index (χ3v) is 4.39. The number of amides is 1. The summed E-state index contributed by atoms with van der Waals surface area (Å²) in [6.07, 6.45) is -4.41. The Balaban J connectivity index is 2.17. The summed E-state index contributed by atoms with van der Waals surface area (Å²) in [5, 5.41) is 2.94. The highest BCUT2D eigenvalue weighted by atomic mass is 19.4. The molecule has 26 heavy (non-hydrogen) atoms. The molecule has 0 aromatic heterocycles. The highest BCUT2D eigenvalue weighted by Crippen LogP contribution is 2.29. The second-order valence-electron chi connectivity index (χ2n) is 7.09. The van der Waals surface area contributed by atoms with Crippen molar-refractivity contribution in [2.24, 2.45) is 5.92 Å². The van der Waals surface area contributed by atoms with Crippen LogP contribution in [-0.4, -0.2) is 5.91 Å². The molecule has 0 aliphatic rings. The molecule has 0 aliphatic heterocycles. The number of hydrogen-bond acceptors (Lipinski definition) is 1. The monoisotopic (exact) mass is 363 g/mol. The first-order valence-corrected chi connectivity index (χ1v) is 8.67. The van der Waals surface area contributed by atoms with Crippen LogP contribution in [0.15, 0.2) is 48.5 Å². The van der Waals surface area contributed by atoms with E-state index in [2.05, 4.69) is 19.2 Å². The second kappa shape index (κ2) is 7.94. The van der Waals surface area contributed by atoms with Gasteiger partial charge in [0.25, 0.3) is 5.91 Å². The molecule has 140 valence electrons. The number of halogens is 3. The van der Waals surface area contributed by atoms with Crippen LogP contribution in [0.2, 0.25) is 0 Å². The predicted octanol–water partition coefficient (Wildman–Crippen LogP) is 5.96. The molecule has 2 rings (SSSR count). The zero-order valence-corrected chi connectivity index (χ0v) is 15.4. The fourth-order valence-electron chi connectivity index (χ4n) is 2.76. The van der Waals surface area contributed by atoms with Crippen molar-refractivity contribution in [1.82, 2.24) is 5.32 Å². The number of benzene rings is 2. The number of hydrogen-bond donors (Lipinski definition) is 1. The molecule has 0 bridgehead atoms. The lowest BCUT2D eigenvalue weighted by Crippen LogP contribution is -2.31. The summed E-state index contributed by atoms with van der Waals surface area (Å²) in [6.45, 7) is 8.21. The van der Waals surface area contributed by atoms with Crippen LogP contribution in [0, 0.1) is 5.92 Å². The Kier molecular flexibility index (Phi) is 6.11. The highest BCUT2D eigenvalue weighted by Gasteiger charge is 2.30. The lowest BCUT2D eigenvalue weighted by Gasteiger charge is -2.23. The van der Waals surface area contributed by atoms with Crippen LogP contribution in [0.1, 0.15) is 66.7 Å². The van der Waals surface area contributed by atoms with E-state index in [9.17, 15) is 18.0 Å². The van der Waals surface area contributed by atoms with E-state index < -0.39 is 11.7 Å². The molecule has 0 spiro atoms. The van der Waals surface area contributed by atoms with E-state index in [1.54, 1.807) is 0 Å². The van der Waals surface area contributed by atoms with Crippen molar-refractivity contribution in [3.05, 3.63) is 70.8 Å². The van der Waals surface area contributed by atoms with Crippen molar-refractivity contribution in [1.29, 1.82) is 0 Å². The van der Waals surface area contributed by atoms with E-state index in [0.717, 1.165) is 17.7 Å². The SMILES string of the molecule is CC(C)c1ccc([C@@H](NC(=O)c2ccc(C(F)(F)F)cc2)C(C)C)cc1. The van der Waals surface area contributed by atoms with E-state index in [4.69, 9.17) is 0 Å². The maximum Gasteiger partial charge on any atom is 0.416 e. The molecule has 0 unspecified atom stereocenters. The zero-order valence-electron chi connectivity index (χ0n) is 15.4. The van der Waals surface area contributed by atoms with Gasteiger partial charge in [-0.15, -0.1) is 0 Å². The van der Waals surface area contributed by atoms with Crippen LogP contribution in [0.25, 0.3) is 0 Å². The second-order valence-corrected chi connectivity index (χ2v) is 7.09. The first kappa shape index (κ1) is 20.0. The van der Waals surface area contributed by atoms with Gasteiger partial charge >= 0.3 is 6.18 Å². The van der Waals surface area contributed by atoms with Gasteiger partial charge in [-0.2, -0.15) is 13.2 Å². The lowest BCUT2D eigenvalue weighted by molar-refractivity contribution is -0.137. The van der Waals surface area contributed by atoms with Gasteiger partial charge in [-0.05, 0) is 47.2 Å². The molecule has 0 aliphatic carbocycles. The molecule has 2 aromatic rings. The quantitative estimate of drug-likeness (QED) is 0.698. The Morgan fingerprint density at radius 1 is 0.846 bits per heavy atom. The third-order valence-electron chi connectivity index (χ3n) is 4.39. The Labute approximate surface area is 152 Å². The van der Waals surface area contributed by atoms with Crippen LogP contribution in [0.3, 0.4) is 0 Å². The van der Waals surface area contributed by atoms with Gasteiger partial charge in [0.1, 0.15) is 0 Å². The number of alkyl halides is 3. The van der Waals surface area contributed by atoms with Crippen molar-refractivity contribution in [2.75, 3.05) is 0 Å². The molecule has 0 radical (unpaired) electrons. The number of nitrogens with one attached hydrogen (secondary N) is 1. The Bertz CT molecular complexity index is 731. The minimum absolute atomic E-state index is 0.137. The van der Waals surface area contributed by atoms with Crippen molar-refractivity contribution < 1.29 is 18.0 Å². The lowest BCUT2D eigenvalue weighted by atomic mass is 9.93. The Morgan fingerprint density at radius 2 is 1.35 bits per heavy atom. The summed E-state index contributed by atoms with van der Waals surface area (Å²) in [6, 6.07) is 12.1. The molecule has 2 aromatic carbocycles. The molecule has 2 nitrogen and oxygen atoms in total.